The monoisotopic (exact) mass is 764 g/mol. The zero-order valence-electron chi connectivity index (χ0n) is 29.2. The summed E-state index contributed by atoms with van der Waals surface area (Å²) in [7, 11) is 2.93. The summed E-state index contributed by atoms with van der Waals surface area (Å²) < 4.78 is 47.5. The summed E-state index contributed by atoms with van der Waals surface area (Å²) in [6.07, 6.45) is -2.08. The van der Waals surface area contributed by atoms with Crippen LogP contribution in [0.4, 0.5) is 19.3 Å². The van der Waals surface area contributed by atoms with Crippen molar-refractivity contribution in [2.24, 2.45) is 5.41 Å². The van der Waals surface area contributed by atoms with Gasteiger partial charge >= 0.3 is 18.0 Å². The summed E-state index contributed by atoms with van der Waals surface area (Å²) >= 11 is 12.4. The van der Waals surface area contributed by atoms with Crippen molar-refractivity contribution in [3.8, 4) is 5.75 Å². The highest BCUT2D eigenvalue weighted by atomic mass is 35.5. The average Bonchev–Trinajstić information content (AvgIpc) is 3.37. The molecule has 0 spiro atoms. The summed E-state index contributed by atoms with van der Waals surface area (Å²) in [6.45, 7) is 6.54. The highest BCUT2D eigenvalue weighted by Crippen LogP contribution is 2.51. The molecule has 1 aliphatic heterocycles. The van der Waals surface area contributed by atoms with Crippen LogP contribution in [-0.4, -0.2) is 68.1 Å². The van der Waals surface area contributed by atoms with Gasteiger partial charge in [0, 0.05) is 29.5 Å². The van der Waals surface area contributed by atoms with Gasteiger partial charge in [0.1, 0.15) is 23.9 Å². The van der Waals surface area contributed by atoms with Gasteiger partial charge < -0.3 is 40.6 Å². The smallest absolute Gasteiger partial charge is 0.410 e. The number of halogens is 4. The molecule has 2 amide bonds. The molecule has 1 saturated heterocycles. The summed E-state index contributed by atoms with van der Waals surface area (Å²) in [4.78, 5) is 49.6. The molecule has 0 aliphatic carbocycles. The van der Waals surface area contributed by atoms with Crippen LogP contribution in [0.3, 0.4) is 0 Å². The van der Waals surface area contributed by atoms with E-state index in [1.165, 1.54) is 62.6 Å². The molecule has 3 aromatic rings. The number of carboxylic acid groups (broad SMARTS) is 1. The van der Waals surface area contributed by atoms with E-state index in [9.17, 15) is 19.2 Å². The number of alkyl carbamates (subject to hydrolysis) is 1. The Hall–Kier alpha value is -4.50. The molecule has 1 aliphatic rings. The van der Waals surface area contributed by atoms with Gasteiger partial charge in [-0.1, -0.05) is 62.2 Å². The minimum atomic E-state index is -1.41. The number of rotatable bonds is 12. The van der Waals surface area contributed by atoms with Gasteiger partial charge in [0.2, 0.25) is 12.2 Å². The number of hydrogen-bond donors (Lipinski definition) is 5. The van der Waals surface area contributed by atoms with Crippen molar-refractivity contribution in [1.29, 1.82) is 0 Å². The van der Waals surface area contributed by atoms with Crippen LogP contribution in [0, 0.1) is 17.0 Å². The van der Waals surface area contributed by atoms with Gasteiger partial charge in [0.15, 0.2) is 0 Å². The van der Waals surface area contributed by atoms with Gasteiger partial charge in [-0.25, -0.2) is 18.4 Å². The maximum absolute atomic E-state index is 16.1. The first kappa shape index (κ1) is 40.3. The molecule has 4 rings (SSSR count). The normalized spacial score (nSPS) is 20.5. The van der Waals surface area contributed by atoms with E-state index in [2.05, 4.69) is 16.0 Å². The maximum atomic E-state index is 16.1. The van der Waals surface area contributed by atoms with E-state index >= 15 is 8.78 Å². The number of methoxy groups -OCH3 is 1. The molecule has 0 saturated carbocycles. The molecule has 0 bridgehead atoms. The quantitative estimate of drug-likeness (QED) is 0.106. The molecule has 16 heteroatoms. The molecule has 280 valence electrons. The molecular weight excluding hydrogens is 725 g/mol. The summed E-state index contributed by atoms with van der Waals surface area (Å²) in [5, 5.41) is 20.1. The Bertz CT molecular complexity index is 1840. The number of anilines is 1. The second kappa shape index (κ2) is 16.4. The number of ether oxygens (including phenoxy) is 3. The summed E-state index contributed by atoms with van der Waals surface area (Å²) in [6, 6.07) is 10.9. The van der Waals surface area contributed by atoms with Crippen molar-refractivity contribution >= 4 is 52.8 Å². The largest absolute Gasteiger partial charge is 0.495 e. The molecule has 5 N–H and O–H groups in total. The zero-order valence-corrected chi connectivity index (χ0v) is 30.7. The minimum absolute atomic E-state index is 0.0354. The van der Waals surface area contributed by atoms with Gasteiger partial charge in [-0.05, 0) is 60.8 Å². The summed E-state index contributed by atoms with van der Waals surface area (Å²) in [5.74, 6) is -5.28. The molecule has 0 aromatic heterocycles. The topological polar surface area (TPSA) is 164 Å². The third-order valence-electron chi connectivity index (χ3n) is 8.59. The molecule has 52 heavy (non-hydrogen) atoms. The van der Waals surface area contributed by atoms with Crippen molar-refractivity contribution in [2.75, 3.05) is 26.0 Å². The Balaban J connectivity index is 1.72. The van der Waals surface area contributed by atoms with E-state index in [-0.39, 0.29) is 43.6 Å². The number of esters is 1. The van der Waals surface area contributed by atoms with Crippen LogP contribution in [0.25, 0.3) is 0 Å². The van der Waals surface area contributed by atoms with Gasteiger partial charge in [-0.15, -0.1) is 0 Å². The SMILES string of the molecule is CNC1(c2ccc(Cl)cc2F)C(CC(C)(C)C)NC(C(=O)Nc2ccc(C(=O)OC(C)OC(=O)NCC(=O)O)cc2OC)C1c1cccc(Cl)c1F. The number of likely N-dealkylation sites (N-methyl/N-ethyl adjacent to an activating group) is 1. The van der Waals surface area contributed by atoms with Crippen molar-refractivity contribution in [3.05, 3.63) is 93.0 Å². The average molecular weight is 766 g/mol. The lowest BCUT2D eigenvalue weighted by Crippen LogP contribution is -2.54. The number of carboxylic acids is 1. The molecular formula is C36H40Cl2F2N4O8. The molecule has 5 unspecified atom stereocenters. The Morgan fingerprint density at radius 1 is 1.04 bits per heavy atom. The van der Waals surface area contributed by atoms with E-state index in [1.807, 2.05) is 26.1 Å². The number of carbonyl (C=O) groups is 4. The highest BCUT2D eigenvalue weighted by Gasteiger charge is 2.59. The fourth-order valence-electron chi connectivity index (χ4n) is 6.53. The first-order valence-corrected chi connectivity index (χ1v) is 16.9. The lowest BCUT2D eigenvalue weighted by atomic mass is 9.67. The molecule has 12 nitrogen and oxygen atoms in total. The van der Waals surface area contributed by atoms with Crippen molar-refractivity contribution in [3.63, 3.8) is 0 Å². The summed E-state index contributed by atoms with van der Waals surface area (Å²) in [5.41, 5.74) is -1.41. The fourth-order valence-corrected chi connectivity index (χ4v) is 6.87. The van der Waals surface area contributed by atoms with Gasteiger partial charge in [0.25, 0.3) is 0 Å². The zero-order chi connectivity index (χ0) is 38.5. The first-order valence-electron chi connectivity index (χ1n) is 16.1. The number of amides is 2. The standard InChI is InChI=1S/C36H40Cl2F2N4O8/c1-18(52-34(49)42-17-28(45)46)51-33(48)19-10-13-25(26(14-19)50-6)43-32(47)31-29(21-8-7-9-23(38)30(21)40)36(41-5,27(44-31)16-35(2,3)4)22-12-11-20(37)15-24(22)39/h7-15,18,27,29,31,41,44H,16-17H2,1-6H3,(H,42,49)(H,43,47)(H,45,46). The van der Waals surface area contributed by atoms with Crippen LogP contribution in [0.2, 0.25) is 10.0 Å². The van der Waals surface area contributed by atoms with Gasteiger partial charge in [-0.3, -0.25) is 9.59 Å². The molecule has 5 atom stereocenters. The van der Waals surface area contributed by atoms with E-state index in [1.54, 1.807) is 13.1 Å². The number of hydrogen-bond acceptors (Lipinski definition) is 9. The van der Waals surface area contributed by atoms with Crippen LogP contribution in [0.15, 0.2) is 54.6 Å². The minimum Gasteiger partial charge on any atom is -0.495 e. The van der Waals surface area contributed by atoms with E-state index in [4.69, 9.17) is 42.5 Å². The second-order valence-electron chi connectivity index (χ2n) is 13.4. The highest BCUT2D eigenvalue weighted by molar-refractivity contribution is 6.31. The lowest BCUT2D eigenvalue weighted by Gasteiger charge is -2.43. The molecule has 3 aromatic carbocycles. The van der Waals surface area contributed by atoms with Crippen LogP contribution >= 0.6 is 23.2 Å². The Kier molecular flexibility index (Phi) is 12.7. The predicted octanol–water partition coefficient (Wildman–Crippen LogP) is 6.21. The van der Waals surface area contributed by atoms with Gasteiger partial charge in [0.05, 0.1) is 35.0 Å². The predicted molar refractivity (Wildman–Crippen MR) is 190 cm³/mol. The maximum Gasteiger partial charge on any atom is 0.410 e. The van der Waals surface area contributed by atoms with E-state index in [0.717, 1.165) is 0 Å². The molecule has 0 radical (unpaired) electrons. The number of nitrogens with one attached hydrogen (secondary N) is 4. The first-order chi connectivity index (χ1) is 24.4. The number of benzene rings is 3. The lowest BCUT2D eigenvalue weighted by molar-refractivity contribution is -0.136. The Morgan fingerprint density at radius 2 is 1.75 bits per heavy atom. The second-order valence-corrected chi connectivity index (χ2v) is 14.2. The number of aliphatic carboxylic acids is 1. The Labute approximate surface area is 309 Å². The van der Waals surface area contributed by atoms with E-state index in [0.29, 0.717) is 6.42 Å². The van der Waals surface area contributed by atoms with Crippen LogP contribution < -0.4 is 26.0 Å². The van der Waals surface area contributed by atoms with Crippen LogP contribution in [0.1, 0.15) is 61.5 Å². The van der Waals surface area contributed by atoms with Crippen LogP contribution in [-0.2, 0) is 24.6 Å². The Morgan fingerprint density at radius 3 is 2.37 bits per heavy atom. The van der Waals surface area contributed by atoms with E-state index < -0.39 is 71.9 Å². The van der Waals surface area contributed by atoms with Crippen molar-refractivity contribution in [1.82, 2.24) is 16.0 Å². The van der Waals surface area contributed by atoms with Crippen molar-refractivity contribution in [2.45, 2.75) is 63.9 Å². The third-order valence-corrected chi connectivity index (χ3v) is 9.11. The fraction of sp³-hybridized carbons (Fsp3) is 0.389. The third kappa shape index (κ3) is 8.92. The molecule has 1 fully saturated rings. The number of carbonyl (C=O) groups excluding carboxylic acids is 3. The van der Waals surface area contributed by atoms with Gasteiger partial charge in [-0.2, -0.15) is 0 Å². The molecule has 1 heterocycles. The van der Waals surface area contributed by atoms with Crippen molar-refractivity contribution < 1.29 is 47.3 Å². The van der Waals surface area contributed by atoms with Crippen LogP contribution in [0.5, 0.6) is 5.75 Å².